The lowest BCUT2D eigenvalue weighted by Crippen LogP contribution is -1.71. The molecule has 0 aromatic carbocycles. The molecule has 0 N–H and O–H groups in total. The van der Waals surface area contributed by atoms with Gasteiger partial charge in [0.05, 0.1) is 6.04 Å². The van der Waals surface area contributed by atoms with Gasteiger partial charge in [-0.1, -0.05) is 12.1 Å². The molecule has 2 unspecified atom stereocenters. The highest BCUT2D eigenvalue weighted by Crippen LogP contribution is 2.31. The topological polar surface area (TPSA) is 29.4 Å². The van der Waals surface area contributed by atoms with Crippen LogP contribution in [0.4, 0.5) is 0 Å². The van der Waals surface area contributed by atoms with Crippen LogP contribution in [0, 0.1) is 10.8 Å². The van der Waals surface area contributed by atoms with E-state index in [0.29, 0.717) is 5.92 Å². The Morgan fingerprint density at radius 3 is 2.33 bits per heavy atom. The first-order chi connectivity index (χ1) is 2.84. The molecule has 34 valence electrons. The van der Waals surface area contributed by atoms with E-state index in [4.69, 9.17) is 0 Å². The predicted octanol–water partition coefficient (Wildman–Crippen LogP) is 1.16. The Labute approximate surface area is 36.5 Å². The van der Waals surface area contributed by atoms with Gasteiger partial charge in [0.15, 0.2) is 0 Å². The maximum absolute atomic E-state index is 9.53. The summed E-state index contributed by atoms with van der Waals surface area (Å²) in [5.74, 6) is 0.586. The van der Waals surface area contributed by atoms with E-state index in [-0.39, 0.29) is 6.04 Å². The van der Waals surface area contributed by atoms with Crippen molar-refractivity contribution in [3.05, 3.63) is 4.91 Å². The van der Waals surface area contributed by atoms with Crippen LogP contribution in [-0.4, -0.2) is 6.04 Å². The molecule has 2 nitrogen and oxygen atoms in total. The minimum atomic E-state index is 0.171. The van der Waals surface area contributed by atoms with Gasteiger partial charge < -0.3 is 0 Å². The molecule has 6 heavy (non-hydrogen) atoms. The third kappa shape index (κ3) is 0.421. The molecule has 2 atom stereocenters. The monoisotopic (exact) mass is 85.1 g/mol. The minimum absolute atomic E-state index is 0.171. The van der Waals surface area contributed by atoms with Crippen LogP contribution < -0.4 is 0 Å². The summed E-state index contributed by atoms with van der Waals surface area (Å²) < 4.78 is 0. The zero-order chi connectivity index (χ0) is 4.57. The van der Waals surface area contributed by atoms with Crippen molar-refractivity contribution in [1.29, 1.82) is 0 Å². The van der Waals surface area contributed by atoms with Gasteiger partial charge in [0, 0.05) is 0 Å². The second kappa shape index (κ2) is 1.03. The molecule has 1 fully saturated rings. The summed E-state index contributed by atoms with van der Waals surface area (Å²) in [6.45, 7) is 2.03. The smallest absolute Gasteiger partial charge is 0.0949 e. The van der Waals surface area contributed by atoms with Crippen molar-refractivity contribution in [3.8, 4) is 0 Å². The largest absolute Gasteiger partial charge is 0.151 e. The van der Waals surface area contributed by atoms with Gasteiger partial charge >= 0.3 is 0 Å². The van der Waals surface area contributed by atoms with Crippen LogP contribution in [0.5, 0.6) is 0 Å². The first kappa shape index (κ1) is 3.78. The molecule has 0 heterocycles. The molecule has 0 spiro atoms. The molecule has 0 aromatic rings. The standard InChI is InChI=1S/C4H7NO/c1-3-2-4(3)5-6/h3-4H,2H2,1H3. The van der Waals surface area contributed by atoms with Crippen molar-refractivity contribution >= 4 is 0 Å². The Balaban J connectivity index is 2.25. The SMILES string of the molecule is CC1CC1N=O. The van der Waals surface area contributed by atoms with Gasteiger partial charge in [-0.15, -0.1) is 0 Å². The number of hydrogen-bond donors (Lipinski definition) is 0. The summed E-state index contributed by atoms with van der Waals surface area (Å²) in [5.41, 5.74) is 0. The normalized spacial score (nSPS) is 42.2. The van der Waals surface area contributed by atoms with Gasteiger partial charge in [0.25, 0.3) is 0 Å². The predicted molar refractivity (Wildman–Crippen MR) is 23.4 cm³/mol. The Bertz CT molecular complexity index is 71.9. The molecule has 1 aliphatic carbocycles. The number of nitrogens with zero attached hydrogens (tertiary/aromatic N) is 1. The van der Waals surface area contributed by atoms with E-state index in [9.17, 15) is 4.91 Å². The lowest BCUT2D eigenvalue weighted by molar-refractivity contribution is 0.890. The van der Waals surface area contributed by atoms with Crippen LogP contribution in [0.1, 0.15) is 13.3 Å². The van der Waals surface area contributed by atoms with E-state index in [0.717, 1.165) is 6.42 Å². The highest BCUT2D eigenvalue weighted by molar-refractivity contribution is 4.88. The fourth-order valence-corrected chi connectivity index (χ4v) is 0.449. The Morgan fingerprint density at radius 2 is 2.33 bits per heavy atom. The zero-order valence-corrected chi connectivity index (χ0v) is 3.72. The van der Waals surface area contributed by atoms with Gasteiger partial charge in [-0.3, -0.25) is 0 Å². The van der Waals surface area contributed by atoms with Crippen LogP contribution in [0.15, 0.2) is 5.18 Å². The van der Waals surface area contributed by atoms with Gasteiger partial charge in [0.1, 0.15) is 0 Å². The average molecular weight is 85.1 g/mol. The molecule has 0 bridgehead atoms. The van der Waals surface area contributed by atoms with Crippen molar-refractivity contribution < 1.29 is 0 Å². The molecule has 0 saturated heterocycles. The van der Waals surface area contributed by atoms with Crippen molar-refractivity contribution in [3.63, 3.8) is 0 Å². The fourth-order valence-electron chi connectivity index (χ4n) is 0.449. The summed E-state index contributed by atoms with van der Waals surface area (Å²) in [6.07, 6.45) is 1.02. The van der Waals surface area contributed by atoms with E-state index in [2.05, 4.69) is 5.18 Å². The van der Waals surface area contributed by atoms with Crippen LogP contribution in [0.3, 0.4) is 0 Å². The fraction of sp³-hybridized carbons (Fsp3) is 1.00. The van der Waals surface area contributed by atoms with E-state index in [1.165, 1.54) is 0 Å². The van der Waals surface area contributed by atoms with Gasteiger partial charge in [0.2, 0.25) is 0 Å². The Morgan fingerprint density at radius 1 is 1.83 bits per heavy atom. The molecule has 0 radical (unpaired) electrons. The third-order valence-electron chi connectivity index (χ3n) is 1.20. The molecule has 1 saturated carbocycles. The van der Waals surface area contributed by atoms with Gasteiger partial charge in [-0.05, 0) is 12.3 Å². The molecular weight excluding hydrogens is 78.0 g/mol. The summed E-state index contributed by atoms with van der Waals surface area (Å²) in [5, 5.41) is 2.83. The maximum Gasteiger partial charge on any atom is 0.0949 e. The van der Waals surface area contributed by atoms with Crippen LogP contribution in [0.25, 0.3) is 0 Å². The quantitative estimate of drug-likeness (QED) is 0.439. The molecule has 0 amide bonds. The maximum atomic E-state index is 9.53. The third-order valence-corrected chi connectivity index (χ3v) is 1.20. The number of rotatable bonds is 1. The molecule has 0 aliphatic heterocycles. The highest BCUT2D eigenvalue weighted by atomic mass is 16.3. The number of nitroso groups, excluding NO2 is 1. The second-order valence-corrected chi connectivity index (χ2v) is 1.89. The summed E-state index contributed by atoms with van der Waals surface area (Å²) in [6, 6.07) is 0.171. The average Bonchev–Trinajstić information content (AvgIpc) is 2.19. The summed E-state index contributed by atoms with van der Waals surface area (Å²) in [7, 11) is 0. The lowest BCUT2D eigenvalue weighted by atomic mass is 10.5. The molecular formula is C4H7NO. The van der Waals surface area contributed by atoms with E-state index < -0.39 is 0 Å². The molecule has 1 rings (SSSR count). The van der Waals surface area contributed by atoms with Crippen molar-refractivity contribution in [2.24, 2.45) is 11.1 Å². The molecule has 2 heteroatoms. The van der Waals surface area contributed by atoms with Crippen LogP contribution in [-0.2, 0) is 0 Å². The van der Waals surface area contributed by atoms with E-state index >= 15 is 0 Å². The summed E-state index contributed by atoms with van der Waals surface area (Å²) in [4.78, 5) is 9.53. The van der Waals surface area contributed by atoms with Crippen LogP contribution >= 0.6 is 0 Å². The minimum Gasteiger partial charge on any atom is -0.151 e. The van der Waals surface area contributed by atoms with E-state index in [1.807, 2.05) is 6.92 Å². The van der Waals surface area contributed by atoms with E-state index in [1.54, 1.807) is 0 Å². The van der Waals surface area contributed by atoms with Crippen molar-refractivity contribution in [2.75, 3.05) is 0 Å². The van der Waals surface area contributed by atoms with Gasteiger partial charge in [-0.2, -0.15) is 4.91 Å². The summed E-state index contributed by atoms with van der Waals surface area (Å²) >= 11 is 0. The number of hydrogen-bond acceptors (Lipinski definition) is 2. The van der Waals surface area contributed by atoms with Crippen LogP contribution in [0.2, 0.25) is 0 Å². The molecule has 0 aromatic heterocycles. The first-order valence-electron chi connectivity index (χ1n) is 2.17. The zero-order valence-electron chi connectivity index (χ0n) is 3.72. The first-order valence-corrected chi connectivity index (χ1v) is 2.17. The molecule has 1 aliphatic rings. The lowest BCUT2D eigenvalue weighted by Gasteiger charge is -1.67. The van der Waals surface area contributed by atoms with Gasteiger partial charge in [-0.25, -0.2) is 0 Å². The highest BCUT2D eigenvalue weighted by Gasteiger charge is 2.33. The van der Waals surface area contributed by atoms with Crippen molar-refractivity contribution in [2.45, 2.75) is 19.4 Å². The second-order valence-electron chi connectivity index (χ2n) is 1.89. The Hall–Kier alpha value is -0.400. The Kier molecular flexibility index (Phi) is 0.650. The van der Waals surface area contributed by atoms with Crippen molar-refractivity contribution in [1.82, 2.24) is 0 Å².